The molecule has 1 N–H and O–H groups in total. The van der Waals surface area contributed by atoms with E-state index < -0.39 is 5.60 Å². The van der Waals surface area contributed by atoms with E-state index in [1.165, 1.54) is 12.8 Å². The topological polar surface area (TPSA) is 63.4 Å². The van der Waals surface area contributed by atoms with Crippen LogP contribution in [-0.4, -0.2) is 30.6 Å². The molecular formula is C21H31NO3Se. The predicted molar refractivity (Wildman–Crippen MR) is 106 cm³/mol. The van der Waals surface area contributed by atoms with Gasteiger partial charge in [0.05, 0.1) is 0 Å². The molecule has 3 rings (SSSR count). The van der Waals surface area contributed by atoms with Gasteiger partial charge in [-0.25, -0.2) is 0 Å². The molecule has 1 spiro atoms. The molecule has 5 atom stereocenters. The third-order valence-corrected chi connectivity index (χ3v) is 10.1. The van der Waals surface area contributed by atoms with Crippen molar-refractivity contribution in [2.75, 3.05) is 0 Å². The second-order valence-electron chi connectivity index (χ2n) is 8.74. The second-order valence-corrected chi connectivity index (χ2v) is 11.0. The summed E-state index contributed by atoms with van der Waals surface area (Å²) in [5, 5.41) is 23.4. The minimum absolute atomic E-state index is 0.0793. The average molecular weight is 424 g/mol. The van der Waals surface area contributed by atoms with Gasteiger partial charge < -0.3 is 0 Å². The van der Waals surface area contributed by atoms with E-state index in [2.05, 4.69) is 20.8 Å². The minimum atomic E-state index is -0.539. The first-order chi connectivity index (χ1) is 12.3. The number of nitrogens with zero attached hydrogens (tertiary/aromatic N) is 1. The number of nitro groups is 1. The molecule has 0 unspecified atom stereocenters. The molecule has 26 heavy (non-hydrogen) atoms. The maximum atomic E-state index is 11.2. The van der Waals surface area contributed by atoms with Crippen LogP contribution in [0.4, 0.5) is 5.69 Å². The molecule has 2 aliphatic carbocycles. The van der Waals surface area contributed by atoms with Crippen molar-refractivity contribution < 1.29 is 10.0 Å². The molecule has 0 heterocycles. The fraction of sp³-hybridized carbons (Fsp3) is 0.714. The van der Waals surface area contributed by atoms with Crippen LogP contribution < -0.4 is 4.46 Å². The molecule has 1 aromatic carbocycles. The van der Waals surface area contributed by atoms with E-state index in [-0.39, 0.29) is 31.0 Å². The molecule has 2 fully saturated rings. The Morgan fingerprint density at radius 3 is 2.77 bits per heavy atom. The van der Waals surface area contributed by atoms with Crippen LogP contribution in [0.3, 0.4) is 0 Å². The van der Waals surface area contributed by atoms with E-state index >= 15 is 0 Å². The molecule has 144 valence electrons. The van der Waals surface area contributed by atoms with Crippen LogP contribution in [0.15, 0.2) is 24.3 Å². The van der Waals surface area contributed by atoms with Crippen molar-refractivity contribution in [3.05, 3.63) is 34.4 Å². The number of hydrogen-bond acceptors (Lipinski definition) is 3. The molecular weight excluding hydrogens is 393 g/mol. The summed E-state index contributed by atoms with van der Waals surface area (Å²) in [6.07, 6.45) is 6.74. The normalized spacial score (nSPS) is 35.5. The van der Waals surface area contributed by atoms with Gasteiger partial charge >= 0.3 is 163 Å². The Kier molecular flexibility index (Phi) is 5.81. The molecule has 0 saturated heterocycles. The van der Waals surface area contributed by atoms with Crippen molar-refractivity contribution in [1.82, 2.24) is 0 Å². The van der Waals surface area contributed by atoms with E-state index in [0.29, 0.717) is 17.8 Å². The van der Waals surface area contributed by atoms with E-state index in [0.717, 1.165) is 35.5 Å². The summed E-state index contributed by atoms with van der Waals surface area (Å²) < 4.78 is 0.905. The van der Waals surface area contributed by atoms with E-state index in [1.54, 1.807) is 12.1 Å². The van der Waals surface area contributed by atoms with E-state index in [9.17, 15) is 15.2 Å². The van der Waals surface area contributed by atoms with Crippen LogP contribution in [0.5, 0.6) is 0 Å². The summed E-state index contributed by atoms with van der Waals surface area (Å²) in [4.78, 5) is 11.0. The van der Waals surface area contributed by atoms with Crippen LogP contribution in [0, 0.1) is 33.3 Å². The van der Waals surface area contributed by atoms with Crippen molar-refractivity contribution in [3.8, 4) is 0 Å². The van der Waals surface area contributed by atoms with Gasteiger partial charge in [-0.15, -0.1) is 0 Å². The zero-order chi connectivity index (χ0) is 18.9. The Hall–Kier alpha value is -0.901. The summed E-state index contributed by atoms with van der Waals surface area (Å²) in [6.45, 7) is 6.70. The van der Waals surface area contributed by atoms with Gasteiger partial charge in [-0.2, -0.15) is 0 Å². The molecule has 0 amide bonds. The van der Waals surface area contributed by atoms with Gasteiger partial charge in [0.25, 0.3) is 0 Å². The van der Waals surface area contributed by atoms with Crippen molar-refractivity contribution in [2.45, 2.75) is 70.2 Å². The first-order valence-electron chi connectivity index (χ1n) is 9.85. The zero-order valence-electron chi connectivity index (χ0n) is 16.1. The van der Waals surface area contributed by atoms with Crippen molar-refractivity contribution >= 4 is 25.1 Å². The predicted octanol–water partition coefficient (Wildman–Crippen LogP) is 4.34. The monoisotopic (exact) mass is 425 g/mol. The van der Waals surface area contributed by atoms with Crippen molar-refractivity contribution in [1.29, 1.82) is 0 Å². The third kappa shape index (κ3) is 3.58. The standard InChI is InChI=1S/C21H31NO3Se/c1-15(14-26-19-9-5-4-8-18(19)22(24)25)17-10-12-21(13-17)16(2)7-6-11-20(21,3)23/h4-5,8-9,15-17,23H,6-7,10-14H2,1-3H3/t15-,16-,17-,20+,21-/m1/s1. The summed E-state index contributed by atoms with van der Waals surface area (Å²) >= 11 is 0.125. The molecule has 1 aromatic rings. The Morgan fingerprint density at radius 2 is 2.08 bits per heavy atom. The number of rotatable bonds is 5. The van der Waals surface area contributed by atoms with Gasteiger partial charge in [0.2, 0.25) is 0 Å². The number of benzene rings is 1. The Morgan fingerprint density at radius 1 is 1.35 bits per heavy atom. The number of nitro benzene ring substituents is 1. The average Bonchev–Trinajstić information content (AvgIpc) is 3.05. The first kappa shape index (κ1) is 19.8. The van der Waals surface area contributed by atoms with E-state index in [4.69, 9.17) is 0 Å². The van der Waals surface area contributed by atoms with Gasteiger partial charge in [0, 0.05) is 0 Å². The molecule has 2 saturated carbocycles. The van der Waals surface area contributed by atoms with Gasteiger partial charge in [0.15, 0.2) is 0 Å². The van der Waals surface area contributed by atoms with Crippen LogP contribution in [0.1, 0.15) is 59.3 Å². The van der Waals surface area contributed by atoms with Crippen LogP contribution >= 0.6 is 0 Å². The Balaban J connectivity index is 1.65. The van der Waals surface area contributed by atoms with Gasteiger partial charge in [-0.1, -0.05) is 0 Å². The maximum absolute atomic E-state index is 11.2. The Labute approximate surface area is 163 Å². The second kappa shape index (κ2) is 7.61. The summed E-state index contributed by atoms with van der Waals surface area (Å²) in [7, 11) is 0. The number of aliphatic hydroxyl groups is 1. The van der Waals surface area contributed by atoms with Gasteiger partial charge in [-0.05, 0) is 0 Å². The van der Waals surface area contributed by atoms with Crippen LogP contribution in [0.25, 0.3) is 0 Å². The fourth-order valence-electron chi connectivity index (χ4n) is 5.43. The van der Waals surface area contributed by atoms with E-state index in [1.807, 2.05) is 12.1 Å². The first-order valence-corrected chi connectivity index (χ1v) is 11.9. The van der Waals surface area contributed by atoms with Crippen LogP contribution in [0.2, 0.25) is 5.32 Å². The molecule has 0 radical (unpaired) electrons. The summed E-state index contributed by atoms with van der Waals surface area (Å²) in [5.41, 5.74) is -0.190. The van der Waals surface area contributed by atoms with Crippen molar-refractivity contribution in [2.24, 2.45) is 23.2 Å². The van der Waals surface area contributed by atoms with Crippen LogP contribution in [-0.2, 0) is 0 Å². The molecule has 0 bridgehead atoms. The number of hydrogen-bond donors (Lipinski definition) is 1. The zero-order valence-corrected chi connectivity index (χ0v) is 17.8. The van der Waals surface area contributed by atoms with Gasteiger partial charge in [0.1, 0.15) is 0 Å². The molecule has 5 heteroatoms. The summed E-state index contributed by atoms with van der Waals surface area (Å²) in [6, 6.07) is 7.18. The van der Waals surface area contributed by atoms with Crippen molar-refractivity contribution in [3.63, 3.8) is 0 Å². The number of para-hydroxylation sites is 1. The SMILES string of the molecule is C[C@H](C[Se]c1ccccc1[N+](=O)[O-])[C@@H]1CC[C@@]2(C1)[C@H](C)CCC[C@]2(C)O. The molecule has 4 nitrogen and oxygen atoms in total. The fourth-order valence-corrected chi connectivity index (χ4v) is 7.91. The molecule has 2 aliphatic rings. The Bertz CT molecular complexity index is 662. The quantitative estimate of drug-likeness (QED) is 0.435. The molecule has 0 aliphatic heterocycles. The molecule has 0 aromatic heterocycles. The third-order valence-electron chi connectivity index (χ3n) is 7.27. The summed E-state index contributed by atoms with van der Waals surface area (Å²) in [5.74, 6) is 1.77. The van der Waals surface area contributed by atoms with Gasteiger partial charge in [-0.3, -0.25) is 0 Å².